The Hall–Kier alpha value is -2.73. The summed E-state index contributed by atoms with van der Waals surface area (Å²) in [6.45, 7) is 1.96. The predicted molar refractivity (Wildman–Crippen MR) is 93.6 cm³/mol. The average molecular weight is 346 g/mol. The number of alkyl halides is 2. The number of anilines is 1. The van der Waals surface area contributed by atoms with Crippen LogP contribution in [0.1, 0.15) is 5.56 Å². The topological polar surface area (TPSA) is 41.6 Å². The van der Waals surface area contributed by atoms with E-state index in [9.17, 15) is 13.6 Å². The lowest BCUT2D eigenvalue weighted by molar-refractivity contribution is -0.117. The summed E-state index contributed by atoms with van der Waals surface area (Å²) in [6.07, 6.45) is 1.71. The van der Waals surface area contributed by atoms with E-state index in [0.717, 1.165) is 5.56 Å². The fourth-order valence-corrected chi connectivity index (χ4v) is 2.37. The first-order chi connectivity index (χ1) is 12.1. The van der Waals surface area contributed by atoms with Crippen molar-refractivity contribution >= 4 is 11.6 Å². The maximum Gasteiger partial charge on any atom is 0.387 e. The van der Waals surface area contributed by atoms with Gasteiger partial charge in [0.2, 0.25) is 5.91 Å². The van der Waals surface area contributed by atoms with Crippen LogP contribution in [0, 0.1) is 0 Å². The largest absolute Gasteiger partial charge is 0.433 e. The molecule has 0 atom stereocenters. The second kappa shape index (κ2) is 9.54. The van der Waals surface area contributed by atoms with Crippen molar-refractivity contribution in [1.82, 2.24) is 4.90 Å². The van der Waals surface area contributed by atoms with Crippen molar-refractivity contribution in [3.8, 4) is 5.75 Å². The van der Waals surface area contributed by atoms with Crippen LogP contribution in [0.4, 0.5) is 14.5 Å². The lowest BCUT2D eigenvalue weighted by atomic mass is 10.2. The van der Waals surface area contributed by atoms with Gasteiger partial charge >= 0.3 is 6.61 Å². The van der Waals surface area contributed by atoms with Gasteiger partial charge in [-0.3, -0.25) is 9.69 Å². The second-order valence-corrected chi connectivity index (χ2v) is 5.37. The average Bonchev–Trinajstić information content (AvgIpc) is 2.57. The molecular weight excluding hydrogens is 326 g/mol. The summed E-state index contributed by atoms with van der Waals surface area (Å²) >= 11 is 0. The highest BCUT2D eigenvalue weighted by molar-refractivity contribution is 5.93. The van der Waals surface area contributed by atoms with Crippen molar-refractivity contribution in [1.29, 1.82) is 0 Å². The molecule has 2 aromatic carbocycles. The van der Waals surface area contributed by atoms with Crippen LogP contribution in [0.5, 0.6) is 5.75 Å². The smallest absolute Gasteiger partial charge is 0.387 e. The Bertz CT molecular complexity index is 693. The van der Waals surface area contributed by atoms with Crippen molar-refractivity contribution < 1.29 is 18.3 Å². The highest BCUT2D eigenvalue weighted by Crippen LogP contribution is 2.25. The summed E-state index contributed by atoms with van der Waals surface area (Å²) < 4.78 is 29.3. The Balaban J connectivity index is 2.00. The van der Waals surface area contributed by atoms with Crippen molar-refractivity contribution in [2.75, 3.05) is 18.4 Å². The normalized spacial score (nSPS) is 10.7. The van der Waals surface area contributed by atoms with Gasteiger partial charge in [0.05, 0.1) is 12.2 Å². The first-order valence-electron chi connectivity index (χ1n) is 7.79. The molecule has 1 N–H and O–H groups in total. The molecule has 25 heavy (non-hydrogen) atoms. The molecule has 0 unspecified atom stereocenters. The minimum Gasteiger partial charge on any atom is -0.433 e. The molecule has 0 aromatic heterocycles. The molecule has 0 saturated heterocycles. The number of rotatable bonds is 9. The van der Waals surface area contributed by atoms with E-state index < -0.39 is 6.61 Å². The van der Waals surface area contributed by atoms with E-state index in [1.165, 1.54) is 12.1 Å². The number of halogens is 2. The molecule has 0 saturated carbocycles. The molecule has 132 valence electrons. The first-order valence-corrected chi connectivity index (χ1v) is 7.79. The molecule has 0 fully saturated rings. The fourth-order valence-electron chi connectivity index (χ4n) is 2.37. The van der Waals surface area contributed by atoms with Gasteiger partial charge in [0.15, 0.2) is 0 Å². The third-order valence-corrected chi connectivity index (χ3v) is 3.38. The lowest BCUT2D eigenvalue weighted by Gasteiger charge is -2.20. The Morgan fingerprint density at radius 2 is 1.84 bits per heavy atom. The number of amides is 1. The molecule has 4 nitrogen and oxygen atoms in total. The van der Waals surface area contributed by atoms with Gasteiger partial charge < -0.3 is 10.1 Å². The van der Waals surface area contributed by atoms with E-state index in [2.05, 4.69) is 16.6 Å². The van der Waals surface area contributed by atoms with E-state index in [4.69, 9.17) is 0 Å². The highest BCUT2D eigenvalue weighted by Gasteiger charge is 2.14. The molecule has 0 aliphatic rings. The van der Waals surface area contributed by atoms with E-state index in [-0.39, 0.29) is 23.9 Å². The third kappa shape index (κ3) is 6.35. The van der Waals surface area contributed by atoms with Crippen LogP contribution in [0.15, 0.2) is 67.3 Å². The molecule has 0 radical (unpaired) electrons. The van der Waals surface area contributed by atoms with E-state index in [1.54, 1.807) is 18.2 Å². The standard InChI is InChI=1S/C19H20F2N2O2/c1-2-12-23(13-15-8-4-3-5-9-15)14-18(24)22-16-10-6-7-11-17(16)25-19(20)21/h2-11,19H,1,12-14H2,(H,22,24). The van der Waals surface area contributed by atoms with E-state index >= 15 is 0 Å². The Morgan fingerprint density at radius 3 is 2.52 bits per heavy atom. The summed E-state index contributed by atoms with van der Waals surface area (Å²) in [5.74, 6) is -0.382. The third-order valence-electron chi connectivity index (χ3n) is 3.38. The molecule has 0 bridgehead atoms. The monoisotopic (exact) mass is 346 g/mol. The van der Waals surface area contributed by atoms with Crippen LogP contribution < -0.4 is 10.1 Å². The molecular formula is C19H20F2N2O2. The van der Waals surface area contributed by atoms with Gasteiger partial charge in [0.25, 0.3) is 0 Å². The summed E-state index contributed by atoms with van der Waals surface area (Å²) in [4.78, 5) is 14.2. The van der Waals surface area contributed by atoms with Crippen LogP contribution in [-0.2, 0) is 11.3 Å². The number of hydrogen-bond acceptors (Lipinski definition) is 3. The maximum absolute atomic E-state index is 12.4. The summed E-state index contributed by atoms with van der Waals surface area (Å²) in [5.41, 5.74) is 1.28. The number of nitrogens with one attached hydrogen (secondary N) is 1. The van der Waals surface area contributed by atoms with E-state index in [1.807, 2.05) is 35.2 Å². The second-order valence-electron chi connectivity index (χ2n) is 5.37. The van der Waals surface area contributed by atoms with Crippen LogP contribution in [0.25, 0.3) is 0 Å². The molecule has 0 aliphatic carbocycles. The Labute approximate surface area is 145 Å². The number of carbonyl (C=O) groups excluding carboxylic acids is 1. The summed E-state index contributed by atoms with van der Waals surface area (Å²) in [5, 5.41) is 2.62. The number of nitrogens with zero attached hydrogens (tertiary/aromatic N) is 1. The van der Waals surface area contributed by atoms with Crippen LogP contribution in [0.3, 0.4) is 0 Å². The fraction of sp³-hybridized carbons (Fsp3) is 0.211. The van der Waals surface area contributed by atoms with Gasteiger partial charge in [0, 0.05) is 13.1 Å². The van der Waals surface area contributed by atoms with Crippen LogP contribution >= 0.6 is 0 Å². The quantitative estimate of drug-likeness (QED) is 0.700. The van der Waals surface area contributed by atoms with Gasteiger partial charge in [-0.15, -0.1) is 6.58 Å². The Morgan fingerprint density at radius 1 is 1.16 bits per heavy atom. The van der Waals surface area contributed by atoms with E-state index in [0.29, 0.717) is 13.1 Å². The highest BCUT2D eigenvalue weighted by atomic mass is 19.3. The molecule has 2 rings (SSSR count). The summed E-state index contributed by atoms with van der Waals surface area (Å²) in [6, 6.07) is 15.8. The number of hydrogen-bond donors (Lipinski definition) is 1. The number of carbonyl (C=O) groups is 1. The van der Waals surface area contributed by atoms with Gasteiger partial charge in [-0.1, -0.05) is 48.5 Å². The van der Waals surface area contributed by atoms with Crippen LogP contribution in [-0.4, -0.2) is 30.5 Å². The zero-order valence-electron chi connectivity index (χ0n) is 13.7. The molecule has 2 aromatic rings. The SMILES string of the molecule is C=CCN(CC(=O)Nc1ccccc1OC(F)F)Cc1ccccc1. The number of benzene rings is 2. The van der Waals surface area contributed by atoms with Crippen LogP contribution in [0.2, 0.25) is 0 Å². The minimum atomic E-state index is -2.95. The predicted octanol–water partition coefficient (Wildman–Crippen LogP) is 3.91. The van der Waals surface area contributed by atoms with Crippen molar-refractivity contribution in [3.05, 3.63) is 72.8 Å². The van der Waals surface area contributed by atoms with Gasteiger partial charge in [-0.2, -0.15) is 8.78 Å². The van der Waals surface area contributed by atoms with Crippen molar-refractivity contribution in [2.24, 2.45) is 0 Å². The molecule has 0 aliphatic heterocycles. The van der Waals surface area contributed by atoms with Crippen molar-refractivity contribution in [2.45, 2.75) is 13.2 Å². The Kier molecular flexibility index (Phi) is 7.10. The van der Waals surface area contributed by atoms with Crippen molar-refractivity contribution in [3.63, 3.8) is 0 Å². The minimum absolute atomic E-state index is 0.0656. The number of ether oxygens (including phenoxy) is 1. The molecule has 0 spiro atoms. The summed E-state index contributed by atoms with van der Waals surface area (Å²) in [7, 11) is 0. The van der Waals surface area contributed by atoms with Gasteiger partial charge in [-0.05, 0) is 17.7 Å². The zero-order valence-corrected chi connectivity index (χ0v) is 13.7. The first kappa shape index (κ1) is 18.6. The zero-order chi connectivity index (χ0) is 18.1. The van der Waals surface area contributed by atoms with Gasteiger partial charge in [0.1, 0.15) is 5.75 Å². The molecule has 6 heteroatoms. The molecule has 0 heterocycles. The van der Waals surface area contributed by atoms with Gasteiger partial charge in [-0.25, -0.2) is 0 Å². The number of para-hydroxylation sites is 2. The lowest BCUT2D eigenvalue weighted by Crippen LogP contribution is -2.33. The molecule has 1 amide bonds. The maximum atomic E-state index is 12.4.